The van der Waals surface area contributed by atoms with Crippen molar-refractivity contribution in [3.05, 3.63) is 93.1 Å². The number of phenolic OH excluding ortho intramolecular Hbond substituents is 1. The molecular weight excluding hydrogens is 457 g/mol. The van der Waals surface area contributed by atoms with Gasteiger partial charge in [-0.25, -0.2) is 4.39 Å². The lowest BCUT2D eigenvalue weighted by Crippen LogP contribution is -2.29. The summed E-state index contributed by atoms with van der Waals surface area (Å²) in [6, 6.07) is 12.7. The zero-order chi connectivity index (χ0) is 24.3. The first kappa shape index (κ1) is 21.0. The van der Waals surface area contributed by atoms with Crippen LogP contribution in [0, 0.1) is 5.82 Å². The molecule has 6 rings (SSSR count). The molecule has 4 aromatic rings. The van der Waals surface area contributed by atoms with Crippen molar-refractivity contribution in [2.75, 3.05) is 13.9 Å². The van der Waals surface area contributed by atoms with Crippen molar-refractivity contribution in [2.24, 2.45) is 0 Å². The molecule has 1 N–H and O–H groups in total. The van der Waals surface area contributed by atoms with Crippen LogP contribution in [0.25, 0.3) is 11.0 Å². The molecule has 8 nitrogen and oxygen atoms in total. The minimum Gasteiger partial charge on any atom is -0.504 e. The van der Waals surface area contributed by atoms with E-state index in [1.165, 1.54) is 30.2 Å². The molecule has 0 radical (unpaired) electrons. The average Bonchev–Trinajstić information content (AvgIpc) is 3.43. The number of rotatable bonds is 4. The zero-order valence-corrected chi connectivity index (χ0v) is 18.4. The summed E-state index contributed by atoms with van der Waals surface area (Å²) >= 11 is 0. The van der Waals surface area contributed by atoms with Crippen LogP contribution in [0.4, 0.5) is 4.39 Å². The van der Waals surface area contributed by atoms with Gasteiger partial charge in [-0.1, -0.05) is 12.1 Å². The molecule has 0 fully saturated rings. The summed E-state index contributed by atoms with van der Waals surface area (Å²) in [5.41, 5.74) is 0.987. The van der Waals surface area contributed by atoms with Crippen molar-refractivity contribution < 1.29 is 32.9 Å². The van der Waals surface area contributed by atoms with E-state index in [0.29, 0.717) is 17.1 Å². The van der Waals surface area contributed by atoms with Gasteiger partial charge in [-0.3, -0.25) is 9.59 Å². The third-order valence-electron chi connectivity index (χ3n) is 6.24. The number of amides is 1. The average molecular weight is 475 g/mol. The van der Waals surface area contributed by atoms with Gasteiger partial charge in [0, 0.05) is 6.54 Å². The second kappa shape index (κ2) is 7.76. The highest BCUT2D eigenvalue weighted by atomic mass is 19.1. The van der Waals surface area contributed by atoms with Gasteiger partial charge in [0.2, 0.25) is 12.6 Å². The third-order valence-corrected chi connectivity index (χ3v) is 6.24. The summed E-state index contributed by atoms with van der Waals surface area (Å²) in [6.45, 7) is 0.238. The minimum atomic E-state index is -0.860. The number of nitrogens with zero attached hydrogens (tertiary/aromatic N) is 1. The number of benzene rings is 3. The number of carbonyl (C=O) groups excluding carboxylic acids is 1. The SMILES string of the molecule is COc1cc([C@H]2c3c(oc4ccc(F)cc4c3=O)C(=O)N2Cc2ccc3c(c2)OCO3)ccc1O. The maximum atomic E-state index is 14.0. The summed E-state index contributed by atoms with van der Waals surface area (Å²) in [5.74, 6) is 0.0807. The highest BCUT2D eigenvalue weighted by molar-refractivity contribution is 5.99. The maximum absolute atomic E-state index is 14.0. The van der Waals surface area contributed by atoms with E-state index in [-0.39, 0.29) is 47.1 Å². The highest BCUT2D eigenvalue weighted by Crippen LogP contribution is 2.42. The second-order valence-corrected chi connectivity index (χ2v) is 8.27. The van der Waals surface area contributed by atoms with E-state index in [0.717, 1.165) is 11.6 Å². The van der Waals surface area contributed by atoms with Crippen molar-refractivity contribution in [2.45, 2.75) is 12.6 Å². The van der Waals surface area contributed by atoms with Crippen LogP contribution >= 0.6 is 0 Å². The third kappa shape index (κ3) is 3.27. The Balaban J connectivity index is 1.54. The molecule has 176 valence electrons. The zero-order valence-electron chi connectivity index (χ0n) is 18.4. The highest BCUT2D eigenvalue weighted by Gasteiger charge is 2.43. The van der Waals surface area contributed by atoms with Crippen LogP contribution in [0.2, 0.25) is 0 Å². The van der Waals surface area contributed by atoms with Crippen LogP contribution in [-0.2, 0) is 6.54 Å². The standard InChI is InChI=1S/C26H18FNO7/c1-32-20-9-14(3-5-17(20)29)23-22-24(30)16-10-15(27)4-7-18(16)35-25(22)26(31)28(23)11-13-2-6-19-21(8-13)34-12-33-19/h2-10,23,29H,11-12H2,1H3/t23-/m0/s1. The number of hydrogen-bond donors (Lipinski definition) is 1. The summed E-state index contributed by atoms with van der Waals surface area (Å²) in [5, 5.41) is 10.1. The van der Waals surface area contributed by atoms with Crippen LogP contribution in [0.5, 0.6) is 23.0 Å². The quantitative estimate of drug-likeness (QED) is 0.474. The maximum Gasteiger partial charge on any atom is 0.291 e. The van der Waals surface area contributed by atoms with Crippen LogP contribution in [0.3, 0.4) is 0 Å². The van der Waals surface area contributed by atoms with Gasteiger partial charge in [-0.05, 0) is 53.6 Å². The Morgan fingerprint density at radius 3 is 2.71 bits per heavy atom. The Hall–Kier alpha value is -4.53. The lowest BCUT2D eigenvalue weighted by atomic mass is 9.97. The van der Waals surface area contributed by atoms with E-state index in [1.54, 1.807) is 30.3 Å². The first-order valence-corrected chi connectivity index (χ1v) is 10.8. The minimum absolute atomic E-state index is 0.0391. The molecule has 0 bridgehead atoms. The molecule has 3 aromatic carbocycles. The van der Waals surface area contributed by atoms with Crippen LogP contribution in [0.15, 0.2) is 63.8 Å². The summed E-state index contributed by atoms with van der Waals surface area (Å²) < 4.78 is 35.9. The number of halogens is 1. The van der Waals surface area contributed by atoms with Crippen molar-refractivity contribution >= 4 is 16.9 Å². The van der Waals surface area contributed by atoms with Gasteiger partial charge in [0.25, 0.3) is 5.91 Å². The molecule has 1 atom stereocenters. The molecule has 2 aliphatic heterocycles. The Morgan fingerprint density at radius 1 is 1.06 bits per heavy atom. The predicted molar refractivity (Wildman–Crippen MR) is 121 cm³/mol. The van der Waals surface area contributed by atoms with E-state index in [9.17, 15) is 19.1 Å². The Kier molecular flexibility index (Phi) is 4.67. The van der Waals surface area contributed by atoms with Gasteiger partial charge < -0.3 is 28.6 Å². The Bertz CT molecular complexity index is 1580. The van der Waals surface area contributed by atoms with E-state index < -0.39 is 23.2 Å². The van der Waals surface area contributed by atoms with Gasteiger partial charge in [-0.15, -0.1) is 0 Å². The van der Waals surface area contributed by atoms with E-state index in [4.69, 9.17) is 18.6 Å². The first-order valence-electron chi connectivity index (χ1n) is 10.8. The fourth-order valence-electron chi connectivity index (χ4n) is 4.60. The number of carbonyl (C=O) groups is 1. The second-order valence-electron chi connectivity index (χ2n) is 8.27. The number of aromatic hydroxyl groups is 1. The number of phenols is 1. The van der Waals surface area contributed by atoms with Crippen molar-refractivity contribution in [1.82, 2.24) is 4.90 Å². The van der Waals surface area contributed by atoms with Crippen LogP contribution in [-0.4, -0.2) is 29.8 Å². The largest absolute Gasteiger partial charge is 0.504 e. The van der Waals surface area contributed by atoms with Crippen LogP contribution in [0.1, 0.15) is 33.3 Å². The monoisotopic (exact) mass is 475 g/mol. The van der Waals surface area contributed by atoms with E-state index in [2.05, 4.69) is 0 Å². The lowest BCUT2D eigenvalue weighted by molar-refractivity contribution is 0.0714. The molecule has 0 saturated carbocycles. The summed E-state index contributed by atoms with van der Waals surface area (Å²) in [6.07, 6.45) is 0. The Morgan fingerprint density at radius 2 is 1.89 bits per heavy atom. The Labute approximate surface area is 197 Å². The molecule has 0 unspecified atom stereocenters. The first-order chi connectivity index (χ1) is 16.9. The fraction of sp³-hybridized carbons (Fsp3) is 0.154. The van der Waals surface area contributed by atoms with Crippen molar-refractivity contribution in [3.63, 3.8) is 0 Å². The molecule has 9 heteroatoms. The lowest BCUT2D eigenvalue weighted by Gasteiger charge is -2.25. The molecule has 1 aromatic heterocycles. The number of hydrogen-bond acceptors (Lipinski definition) is 7. The molecular formula is C26H18FNO7. The van der Waals surface area contributed by atoms with E-state index >= 15 is 0 Å². The van der Waals surface area contributed by atoms with Gasteiger partial charge in [0.15, 0.2) is 28.4 Å². The van der Waals surface area contributed by atoms with Crippen molar-refractivity contribution in [1.29, 1.82) is 0 Å². The topological polar surface area (TPSA) is 98.4 Å². The van der Waals surface area contributed by atoms with Gasteiger partial charge in [0.05, 0.1) is 24.1 Å². The van der Waals surface area contributed by atoms with E-state index in [1.807, 2.05) is 0 Å². The summed E-state index contributed by atoms with van der Waals surface area (Å²) in [4.78, 5) is 28.6. The smallest absolute Gasteiger partial charge is 0.291 e. The van der Waals surface area contributed by atoms with Gasteiger partial charge in [0.1, 0.15) is 11.4 Å². The number of fused-ring (bicyclic) bond motifs is 3. The normalized spacial score (nSPS) is 16.1. The number of methoxy groups -OCH3 is 1. The van der Waals surface area contributed by atoms with Gasteiger partial charge in [-0.2, -0.15) is 0 Å². The predicted octanol–water partition coefficient (Wildman–Crippen LogP) is 4.12. The molecule has 0 spiro atoms. The molecule has 35 heavy (non-hydrogen) atoms. The molecule has 2 aliphatic rings. The summed E-state index contributed by atoms with van der Waals surface area (Å²) in [7, 11) is 1.40. The van der Waals surface area contributed by atoms with Gasteiger partial charge >= 0.3 is 0 Å². The molecule has 0 saturated heterocycles. The fourth-order valence-corrected chi connectivity index (χ4v) is 4.60. The van der Waals surface area contributed by atoms with Crippen molar-refractivity contribution in [3.8, 4) is 23.0 Å². The number of ether oxygens (including phenoxy) is 3. The molecule has 1 amide bonds. The molecule has 0 aliphatic carbocycles. The molecule has 3 heterocycles. The van der Waals surface area contributed by atoms with Crippen LogP contribution < -0.4 is 19.6 Å².